The normalized spacial score (nSPS) is 10.1. The van der Waals surface area contributed by atoms with Gasteiger partial charge in [0.05, 0.1) is 10.8 Å². The molecule has 0 aliphatic heterocycles. The van der Waals surface area contributed by atoms with Crippen LogP contribution in [0, 0.1) is 17.0 Å². The molecule has 0 aliphatic carbocycles. The highest BCUT2D eigenvalue weighted by Gasteiger charge is 2.18. The van der Waals surface area contributed by atoms with Crippen molar-refractivity contribution in [1.82, 2.24) is 0 Å². The van der Waals surface area contributed by atoms with Crippen molar-refractivity contribution in [2.45, 2.75) is 12.8 Å². The van der Waals surface area contributed by atoms with E-state index in [1.165, 1.54) is 0 Å². The molecular weight excluding hydrogens is 213 g/mol. The Bertz CT molecular complexity index is 352. The lowest BCUT2D eigenvalue weighted by Gasteiger charge is -2.02. The van der Waals surface area contributed by atoms with Crippen molar-refractivity contribution in [3.05, 3.63) is 38.4 Å². The third-order valence-corrected chi connectivity index (χ3v) is 2.19. The molecule has 0 amide bonds. The number of rotatable bonds is 2. The molecule has 70 valence electrons. The summed E-state index contributed by atoms with van der Waals surface area (Å²) in [5.41, 5.74) is 1.23. The van der Waals surface area contributed by atoms with E-state index in [1.807, 2.05) is 6.92 Å². The molecule has 0 saturated carbocycles. The minimum atomic E-state index is -0.514. The second-order valence-electron chi connectivity index (χ2n) is 2.65. The van der Waals surface area contributed by atoms with Gasteiger partial charge in [0.25, 0.3) is 5.69 Å². The minimum absolute atomic E-state index is 0.0950. The topological polar surface area (TPSA) is 43.1 Å². The predicted molar refractivity (Wildman–Crippen MR) is 52.4 cm³/mol. The van der Waals surface area contributed by atoms with E-state index in [2.05, 4.69) is 0 Å². The zero-order chi connectivity index (χ0) is 10.0. The lowest BCUT2D eigenvalue weighted by atomic mass is 10.1. The number of hydrogen-bond acceptors (Lipinski definition) is 2. The molecule has 0 spiro atoms. The van der Waals surface area contributed by atoms with Crippen molar-refractivity contribution >= 4 is 28.9 Å². The minimum Gasteiger partial charge on any atom is -0.258 e. The Morgan fingerprint density at radius 2 is 2.15 bits per heavy atom. The average molecular weight is 220 g/mol. The van der Waals surface area contributed by atoms with Gasteiger partial charge >= 0.3 is 0 Å². The molecule has 1 rings (SSSR count). The maximum Gasteiger partial charge on any atom is 0.292 e. The van der Waals surface area contributed by atoms with Gasteiger partial charge < -0.3 is 0 Å². The average Bonchev–Trinajstić information content (AvgIpc) is 2.01. The summed E-state index contributed by atoms with van der Waals surface area (Å²) >= 11 is 11.3. The zero-order valence-corrected chi connectivity index (χ0v) is 8.39. The Morgan fingerprint density at radius 1 is 1.54 bits per heavy atom. The quantitative estimate of drug-likeness (QED) is 0.436. The van der Waals surface area contributed by atoms with Gasteiger partial charge in [0.15, 0.2) is 0 Å². The van der Waals surface area contributed by atoms with Crippen molar-refractivity contribution in [3.8, 4) is 0 Å². The standard InChI is InChI=1S/C8H7Cl2NO2/c1-5-2-6(4-9)8(11(12)13)7(10)3-5/h2-3H,4H2,1H3. The van der Waals surface area contributed by atoms with Crippen LogP contribution in [0.15, 0.2) is 12.1 Å². The van der Waals surface area contributed by atoms with E-state index in [0.29, 0.717) is 5.56 Å². The molecule has 0 fully saturated rings. The first-order chi connectivity index (χ1) is 6.06. The van der Waals surface area contributed by atoms with Crippen LogP contribution < -0.4 is 0 Å². The van der Waals surface area contributed by atoms with Crippen LogP contribution in [0.5, 0.6) is 0 Å². The first-order valence-electron chi connectivity index (χ1n) is 3.55. The summed E-state index contributed by atoms with van der Waals surface area (Å²) in [6.07, 6.45) is 0. The molecule has 5 heteroatoms. The summed E-state index contributed by atoms with van der Waals surface area (Å²) in [5, 5.41) is 10.7. The highest BCUT2D eigenvalue weighted by atomic mass is 35.5. The number of halogens is 2. The number of nitro groups is 1. The van der Waals surface area contributed by atoms with Crippen LogP contribution in [-0.2, 0) is 5.88 Å². The number of nitrogens with zero attached hydrogens (tertiary/aromatic N) is 1. The summed E-state index contributed by atoms with van der Waals surface area (Å²) in [6, 6.07) is 3.22. The van der Waals surface area contributed by atoms with E-state index in [-0.39, 0.29) is 16.6 Å². The lowest BCUT2D eigenvalue weighted by Crippen LogP contribution is -1.95. The third-order valence-electron chi connectivity index (χ3n) is 1.61. The lowest BCUT2D eigenvalue weighted by molar-refractivity contribution is -0.385. The summed E-state index contributed by atoms with van der Waals surface area (Å²) in [7, 11) is 0. The molecule has 0 aliphatic rings. The summed E-state index contributed by atoms with van der Waals surface area (Å²) in [5.74, 6) is 0.0950. The maximum atomic E-state index is 10.6. The number of benzene rings is 1. The van der Waals surface area contributed by atoms with Gasteiger partial charge in [-0.1, -0.05) is 11.6 Å². The summed E-state index contributed by atoms with van der Waals surface area (Å²) in [4.78, 5) is 10.1. The van der Waals surface area contributed by atoms with E-state index < -0.39 is 4.92 Å². The molecular formula is C8H7Cl2NO2. The molecule has 0 bridgehead atoms. The van der Waals surface area contributed by atoms with E-state index >= 15 is 0 Å². The predicted octanol–water partition coefficient (Wildman–Crippen LogP) is 3.30. The Morgan fingerprint density at radius 3 is 2.62 bits per heavy atom. The van der Waals surface area contributed by atoms with E-state index in [0.717, 1.165) is 5.56 Å². The van der Waals surface area contributed by atoms with Gasteiger partial charge in [-0.2, -0.15) is 0 Å². The van der Waals surface area contributed by atoms with Crippen LogP contribution in [0.2, 0.25) is 5.02 Å². The van der Waals surface area contributed by atoms with Crippen LogP contribution in [0.1, 0.15) is 11.1 Å². The Hall–Kier alpha value is -0.800. The van der Waals surface area contributed by atoms with Crippen LogP contribution in [0.3, 0.4) is 0 Å². The second kappa shape index (κ2) is 3.94. The molecule has 1 aromatic rings. The highest BCUT2D eigenvalue weighted by Crippen LogP contribution is 2.30. The molecule has 0 heterocycles. The summed E-state index contributed by atoms with van der Waals surface area (Å²) in [6.45, 7) is 1.81. The van der Waals surface area contributed by atoms with Gasteiger partial charge in [-0.15, -0.1) is 11.6 Å². The van der Waals surface area contributed by atoms with Crippen LogP contribution in [0.25, 0.3) is 0 Å². The van der Waals surface area contributed by atoms with Crippen LogP contribution >= 0.6 is 23.2 Å². The Labute approximate surface area is 85.4 Å². The van der Waals surface area contributed by atoms with Gasteiger partial charge in [-0.05, 0) is 24.6 Å². The molecule has 3 nitrogen and oxygen atoms in total. The largest absolute Gasteiger partial charge is 0.292 e. The van der Waals surface area contributed by atoms with E-state index in [4.69, 9.17) is 23.2 Å². The molecule has 0 saturated heterocycles. The summed E-state index contributed by atoms with van der Waals surface area (Å²) < 4.78 is 0. The SMILES string of the molecule is Cc1cc(Cl)c([N+](=O)[O-])c(CCl)c1. The van der Waals surface area contributed by atoms with Crippen molar-refractivity contribution < 1.29 is 4.92 Å². The van der Waals surface area contributed by atoms with Gasteiger partial charge in [-0.3, -0.25) is 10.1 Å². The molecule has 0 radical (unpaired) electrons. The number of alkyl halides is 1. The monoisotopic (exact) mass is 219 g/mol. The fraction of sp³-hybridized carbons (Fsp3) is 0.250. The fourth-order valence-corrected chi connectivity index (χ4v) is 1.68. The fourth-order valence-electron chi connectivity index (χ4n) is 1.11. The zero-order valence-electron chi connectivity index (χ0n) is 6.88. The Balaban J connectivity index is 3.38. The molecule has 0 aromatic heterocycles. The maximum absolute atomic E-state index is 10.6. The van der Waals surface area contributed by atoms with Gasteiger partial charge in [0.1, 0.15) is 5.02 Å². The van der Waals surface area contributed by atoms with Crippen molar-refractivity contribution in [1.29, 1.82) is 0 Å². The van der Waals surface area contributed by atoms with Crippen molar-refractivity contribution in [2.24, 2.45) is 0 Å². The van der Waals surface area contributed by atoms with E-state index in [1.54, 1.807) is 12.1 Å². The second-order valence-corrected chi connectivity index (χ2v) is 3.32. The Kier molecular flexibility index (Phi) is 3.12. The van der Waals surface area contributed by atoms with Gasteiger partial charge in [0, 0.05) is 5.56 Å². The van der Waals surface area contributed by atoms with Gasteiger partial charge in [0.2, 0.25) is 0 Å². The van der Waals surface area contributed by atoms with E-state index in [9.17, 15) is 10.1 Å². The van der Waals surface area contributed by atoms with Crippen molar-refractivity contribution in [3.63, 3.8) is 0 Å². The number of hydrogen-bond donors (Lipinski definition) is 0. The highest BCUT2D eigenvalue weighted by molar-refractivity contribution is 6.33. The first kappa shape index (κ1) is 10.3. The van der Waals surface area contributed by atoms with Crippen LogP contribution in [-0.4, -0.2) is 4.92 Å². The smallest absolute Gasteiger partial charge is 0.258 e. The molecule has 1 aromatic carbocycles. The number of aryl methyl sites for hydroxylation is 1. The first-order valence-corrected chi connectivity index (χ1v) is 4.47. The van der Waals surface area contributed by atoms with Gasteiger partial charge in [-0.25, -0.2) is 0 Å². The van der Waals surface area contributed by atoms with Crippen LogP contribution in [0.4, 0.5) is 5.69 Å². The third kappa shape index (κ3) is 2.11. The molecule has 13 heavy (non-hydrogen) atoms. The molecule has 0 unspecified atom stereocenters. The molecule has 0 N–H and O–H groups in total. The molecule has 0 atom stereocenters. The van der Waals surface area contributed by atoms with Crippen molar-refractivity contribution in [2.75, 3.05) is 0 Å². The number of nitro benzene ring substituents is 1.